The molecule has 160 valence electrons. The monoisotopic (exact) mass is 475 g/mol. The highest BCUT2D eigenvalue weighted by atomic mass is 35.5. The fraction of sp³-hybridized carbons (Fsp3) is 0.227. The molecule has 0 radical (unpaired) electrons. The van der Waals surface area contributed by atoms with Crippen molar-refractivity contribution in [3.05, 3.63) is 76.2 Å². The Morgan fingerprint density at radius 2 is 2.06 bits per heavy atom. The summed E-state index contributed by atoms with van der Waals surface area (Å²) in [5.74, 6) is 0.803. The van der Waals surface area contributed by atoms with E-state index in [2.05, 4.69) is 10.3 Å². The lowest BCUT2D eigenvalue weighted by molar-refractivity contribution is -0.143. The number of hydrogen-bond donors (Lipinski definition) is 1. The van der Waals surface area contributed by atoms with Gasteiger partial charge in [-0.25, -0.2) is 0 Å². The highest BCUT2D eigenvalue weighted by Crippen LogP contribution is 2.41. The zero-order chi connectivity index (χ0) is 22.0. The van der Waals surface area contributed by atoms with E-state index in [0.29, 0.717) is 38.8 Å². The molecule has 4 rings (SSSR count). The van der Waals surface area contributed by atoms with Crippen LogP contribution in [0.4, 0.5) is 0 Å². The Bertz CT molecular complexity index is 1110. The zero-order valence-corrected chi connectivity index (χ0v) is 18.9. The van der Waals surface area contributed by atoms with Crippen LogP contribution in [0.5, 0.6) is 0 Å². The minimum atomic E-state index is -0.404. The maximum absolute atomic E-state index is 12.2. The normalized spacial score (nSPS) is 18.2. The third-order valence-electron chi connectivity index (χ3n) is 4.94. The van der Waals surface area contributed by atoms with Crippen LogP contribution in [0.1, 0.15) is 30.5 Å². The summed E-state index contributed by atoms with van der Waals surface area (Å²) in [7, 11) is 0. The van der Waals surface area contributed by atoms with Crippen molar-refractivity contribution in [2.24, 2.45) is 0 Å². The van der Waals surface area contributed by atoms with Crippen molar-refractivity contribution in [3.63, 3.8) is 0 Å². The van der Waals surface area contributed by atoms with E-state index in [-0.39, 0.29) is 18.6 Å². The van der Waals surface area contributed by atoms with Crippen LogP contribution >= 0.6 is 35.4 Å². The van der Waals surface area contributed by atoms with Crippen LogP contribution in [0.2, 0.25) is 10.0 Å². The first-order valence-electron chi connectivity index (χ1n) is 9.67. The number of pyridine rings is 1. The zero-order valence-electron chi connectivity index (χ0n) is 16.5. The molecule has 9 heteroatoms. The second-order valence-corrected chi connectivity index (χ2v) is 8.03. The molecule has 0 aliphatic carbocycles. The minimum Gasteiger partial charge on any atom is -0.465 e. The summed E-state index contributed by atoms with van der Waals surface area (Å²) < 4.78 is 11.3. The fourth-order valence-corrected chi connectivity index (χ4v) is 4.28. The van der Waals surface area contributed by atoms with E-state index in [0.717, 1.165) is 5.69 Å². The van der Waals surface area contributed by atoms with Gasteiger partial charge in [-0.1, -0.05) is 35.3 Å². The predicted molar refractivity (Wildman–Crippen MR) is 123 cm³/mol. The number of rotatable bonds is 6. The Labute approximate surface area is 195 Å². The molecule has 0 unspecified atom stereocenters. The van der Waals surface area contributed by atoms with Crippen LogP contribution in [-0.2, 0) is 9.53 Å². The van der Waals surface area contributed by atoms with E-state index in [1.54, 1.807) is 24.1 Å². The first-order chi connectivity index (χ1) is 15.0. The Hall–Kier alpha value is -2.61. The number of hydrogen-bond acceptors (Lipinski definition) is 5. The molecular formula is C22H19Cl2N3O3S. The van der Waals surface area contributed by atoms with Crippen molar-refractivity contribution in [3.8, 4) is 11.3 Å². The van der Waals surface area contributed by atoms with Gasteiger partial charge < -0.3 is 19.4 Å². The minimum absolute atomic E-state index is 0.0123. The summed E-state index contributed by atoms with van der Waals surface area (Å²) in [4.78, 5) is 18.5. The lowest BCUT2D eigenvalue weighted by Crippen LogP contribution is -2.35. The number of aromatic nitrogens is 1. The van der Waals surface area contributed by atoms with E-state index in [4.69, 9.17) is 44.6 Å². The van der Waals surface area contributed by atoms with Crippen molar-refractivity contribution in [1.29, 1.82) is 0 Å². The molecule has 1 aromatic carbocycles. The van der Waals surface area contributed by atoms with Crippen molar-refractivity contribution in [1.82, 2.24) is 15.2 Å². The van der Waals surface area contributed by atoms with Gasteiger partial charge in [0.15, 0.2) is 5.11 Å². The number of halogens is 2. The van der Waals surface area contributed by atoms with Crippen molar-refractivity contribution in [2.75, 3.05) is 13.2 Å². The average molecular weight is 476 g/mol. The molecule has 1 N–H and O–H groups in total. The highest BCUT2D eigenvalue weighted by Gasteiger charge is 2.42. The first-order valence-corrected chi connectivity index (χ1v) is 10.8. The quantitative estimate of drug-likeness (QED) is 0.388. The summed E-state index contributed by atoms with van der Waals surface area (Å²) in [6.45, 7) is 2.04. The van der Waals surface area contributed by atoms with Gasteiger partial charge >= 0.3 is 5.97 Å². The van der Waals surface area contributed by atoms with E-state index >= 15 is 0 Å². The maximum Gasteiger partial charge on any atom is 0.325 e. The van der Waals surface area contributed by atoms with Gasteiger partial charge in [0.25, 0.3) is 0 Å². The number of esters is 1. The van der Waals surface area contributed by atoms with Gasteiger partial charge in [0.2, 0.25) is 0 Å². The summed E-state index contributed by atoms with van der Waals surface area (Å²) in [6.07, 6.45) is 1.71. The molecule has 0 saturated carbocycles. The Morgan fingerprint density at radius 1 is 1.23 bits per heavy atom. The van der Waals surface area contributed by atoms with Gasteiger partial charge in [-0.05, 0) is 55.5 Å². The molecule has 3 aromatic rings. The van der Waals surface area contributed by atoms with E-state index in [1.165, 1.54) is 0 Å². The van der Waals surface area contributed by atoms with Crippen molar-refractivity contribution >= 4 is 46.5 Å². The van der Waals surface area contributed by atoms with Crippen LogP contribution < -0.4 is 5.32 Å². The molecule has 6 nitrogen and oxygen atoms in total. The van der Waals surface area contributed by atoms with Crippen LogP contribution in [0.3, 0.4) is 0 Å². The number of nitrogens with zero attached hydrogens (tertiary/aromatic N) is 2. The van der Waals surface area contributed by atoms with Crippen LogP contribution in [0, 0.1) is 0 Å². The molecule has 2 atom stereocenters. The molecule has 0 bridgehead atoms. The molecule has 2 aromatic heterocycles. The van der Waals surface area contributed by atoms with E-state index in [9.17, 15) is 4.79 Å². The summed E-state index contributed by atoms with van der Waals surface area (Å²) >= 11 is 18.1. The number of ether oxygens (including phenoxy) is 1. The molecule has 1 fully saturated rings. The molecule has 1 aliphatic heterocycles. The maximum atomic E-state index is 12.2. The second-order valence-electron chi connectivity index (χ2n) is 6.86. The average Bonchev–Trinajstić information content (AvgIpc) is 3.36. The third kappa shape index (κ3) is 4.39. The van der Waals surface area contributed by atoms with Crippen LogP contribution in [0.25, 0.3) is 11.3 Å². The molecule has 1 saturated heterocycles. The Kier molecular flexibility index (Phi) is 6.46. The first kappa shape index (κ1) is 21.6. The van der Waals surface area contributed by atoms with Gasteiger partial charge in [0, 0.05) is 11.8 Å². The molecule has 3 heterocycles. The van der Waals surface area contributed by atoms with Crippen molar-refractivity contribution in [2.45, 2.75) is 19.0 Å². The molecule has 0 spiro atoms. The van der Waals surface area contributed by atoms with Gasteiger partial charge in [0.1, 0.15) is 24.1 Å². The van der Waals surface area contributed by atoms with Crippen LogP contribution in [-0.4, -0.2) is 34.1 Å². The number of nitrogens with one attached hydrogen (secondary N) is 1. The predicted octanol–water partition coefficient (Wildman–Crippen LogP) is 5.18. The van der Waals surface area contributed by atoms with Gasteiger partial charge in [-0.3, -0.25) is 9.78 Å². The van der Waals surface area contributed by atoms with Gasteiger partial charge in [0.05, 0.1) is 28.4 Å². The fourth-order valence-electron chi connectivity index (χ4n) is 3.58. The summed E-state index contributed by atoms with van der Waals surface area (Å²) in [6, 6.07) is 14.0. The third-order valence-corrected chi connectivity index (χ3v) is 6.11. The smallest absolute Gasteiger partial charge is 0.325 e. The molecule has 31 heavy (non-hydrogen) atoms. The summed E-state index contributed by atoms with van der Waals surface area (Å²) in [5, 5.41) is 4.54. The van der Waals surface area contributed by atoms with E-state index < -0.39 is 6.04 Å². The largest absolute Gasteiger partial charge is 0.465 e. The number of carbonyl (C=O) groups is 1. The van der Waals surface area contributed by atoms with Gasteiger partial charge in [-0.15, -0.1) is 0 Å². The molecular weight excluding hydrogens is 457 g/mol. The summed E-state index contributed by atoms with van der Waals surface area (Å²) in [5.41, 5.74) is 1.46. The number of thiocarbonyl (C=S) groups is 1. The Balaban J connectivity index is 1.73. The number of furan rings is 1. The topological polar surface area (TPSA) is 67.6 Å². The molecule has 1 aliphatic rings. The van der Waals surface area contributed by atoms with Crippen molar-refractivity contribution < 1.29 is 13.9 Å². The van der Waals surface area contributed by atoms with Gasteiger partial charge in [-0.2, -0.15) is 0 Å². The highest BCUT2D eigenvalue weighted by molar-refractivity contribution is 7.80. The lowest BCUT2D eigenvalue weighted by atomic mass is 10.0. The number of carbonyl (C=O) groups excluding carboxylic acids is 1. The second kappa shape index (κ2) is 9.26. The molecule has 0 amide bonds. The Morgan fingerprint density at radius 3 is 2.81 bits per heavy atom. The van der Waals surface area contributed by atoms with E-state index in [1.807, 2.05) is 42.5 Å². The van der Waals surface area contributed by atoms with Crippen LogP contribution in [0.15, 0.2) is 59.1 Å². The standard InChI is InChI=1S/C22H19Cl2N3O3S/c1-2-29-18(28)12-27-21(20(26-22(27)31)15-8-3-4-11-25-15)17-10-9-16(30-17)13-6-5-7-14(23)19(13)24/h3-11,20-21H,2,12H2,1H3,(H,26,31)/t20-,21-/m1/s1. The lowest BCUT2D eigenvalue weighted by Gasteiger charge is -2.25. The SMILES string of the molecule is CCOC(=O)CN1C(=S)N[C@H](c2ccccn2)[C@H]1c1ccc(-c2cccc(Cl)c2Cl)o1. The number of benzene rings is 1.